The molecule has 1 rings (SSSR count). The van der Waals surface area contributed by atoms with Crippen LogP contribution in [-0.2, 0) is 14.3 Å². The zero-order valence-corrected chi connectivity index (χ0v) is 11.4. The second-order valence-electron chi connectivity index (χ2n) is 3.75. The molecule has 0 aliphatic heterocycles. The molecular formula is C14H17NO5. The van der Waals surface area contributed by atoms with Crippen LogP contribution in [0.15, 0.2) is 24.3 Å². The van der Waals surface area contributed by atoms with Gasteiger partial charge in [-0.25, -0.2) is 4.79 Å². The lowest BCUT2D eigenvalue weighted by atomic mass is 10.2. The molecule has 0 aromatic heterocycles. The Balaban J connectivity index is 2.72. The lowest BCUT2D eigenvalue weighted by Crippen LogP contribution is -2.19. The van der Waals surface area contributed by atoms with Gasteiger partial charge in [-0.15, -0.1) is 0 Å². The molecule has 6 nitrogen and oxygen atoms in total. The van der Waals surface area contributed by atoms with Gasteiger partial charge in [-0.1, -0.05) is 6.07 Å². The number of carbonyl (C=O) groups excluding carboxylic acids is 2. The van der Waals surface area contributed by atoms with Crippen LogP contribution in [0.1, 0.15) is 12.5 Å². The second-order valence-corrected chi connectivity index (χ2v) is 3.75. The number of ether oxygens (including phenoxy) is 3. The van der Waals surface area contributed by atoms with Gasteiger partial charge in [0.1, 0.15) is 0 Å². The van der Waals surface area contributed by atoms with E-state index in [2.05, 4.69) is 4.74 Å². The molecular weight excluding hydrogens is 262 g/mol. The summed E-state index contributed by atoms with van der Waals surface area (Å²) >= 11 is 0. The molecule has 0 saturated carbocycles. The van der Waals surface area contributed by atoms with E-state index in [1.54, 1.807) is 24.3 Å². The van der Waals surface area contributed by atoms with Crippen molar-refractivity contribution in [2.24, 2.45) is 5.73 Å². The number of esters is 1. The molecule has 0 heterocycles. The van der Waals surface area contributed by atoms with Crippen LogP contribution in [0.2, 0.25) is 0 Å². The van der Waals surface area contributed by atoms with E-state index in [0.717, 1.165) is 5.56 Å². The Morgan fingerprint density at radius 2 is 2.05 bits per heavy atom. The first-order valence-corrected chi connectivity index (χ1v) is 6.00. The van der Waals surface area contributed by atoms with Crippen LogP contribution in [-0.4, -0.2) is 32.2 Å². The number of hydrogen-bond acceptors (Lipinski definition) is 5. The number of rotatable bonds is 7. The maximum absolute atomic E-state index is 11.3. The Morgan fingerprint density at radius 3 is 2.65 bits per heavy atom. The number of hydrogen-bond donors (Lipinski definition) is 1. The van der Waals surface area contributed by atoms with Crippen molar-refractivity contribution in [3.8, 4) is 11.5 Å². The summed E-state index contributed by atoms with van der Waals surface area (Å²) in [4.78, 5) is 21.7. The Bertz CT molecular complexity index is 510. The van der Waals surface area contributed by atoms with Crippen molar-refractivity contribution in [1.82, 2.24) is 0 Å². The van der Waals surface area contributed by atoms with Gasteiger partial charge in [0.05, 0.1) is 13.7 Å². The Morgan fingerprint density at radius 1 is 1.30 bits per heavy atom. The Kier molecular flexibility index (Phi) is 6.09. The number of primary amides is 1. The summed E-state index contributed by atoms with van der Waals surface area (Å²) in [5, 5.41) is 0. The van der Waals surface area contributed by atoms with Gasteiger partial charge < -0.3 is 19.9 Å². The number of nitrogens with two attached hydrogens (primary N) is 1. The van der Waals surface area contributed by atoms with E-state index in [1.165, 1.54) is 13.2 Å². The van der Waals surface area contributed by atoms with E-state index in [1.807, 2.05) is 6.92 Å². The monoisotopic (exact) mass is 279 g/mol. The number of benzene rings is 1. The molecule has 0 saturated heterocycles. The van der Waals surface area contributed by atoms with E-state index in [4.69, 9.17) is 15.2 Å². The van der Waals surface area contributed by atoms with Gasteiger partial charge in [0.2, 0.25) is 0 Å². The summed E-state index contributed by atoms with van der Waals surface area (Å²) in [6, 6.07) is 5.24. The van der Waals surface area contributed by atoms with E-state index in [0.29, 0.717) is 18.1 Å². The Labute approximate surface area is 117 Å². The third-order valence-electron chi connectivity index (χ3n) is 2.26. The molecule has 1 aromatic carbocycles. The molecule has 1 aromatic rings. The van der Waals surface area contributed by atoms with Gasteiger partial charge in [0.15, 0.2) is 18.1 Å². The Hall–Kier alpha value is -2.50. The van der Waals surface area contributed by atoms with Gasteiger partial charge in [-0.2, -0.15) is 0 Å². The highest BCUT2D eigenvalue weighted by Crippen LogP contribution is 2.28. The molecule has 0 aliphatic rings. The zero-order chi connectivity index (χ0) is 15.0. The summed E-state index contributed by atoms with van der Waals surface area (Å²) in [5.41, 5.74) is 5.60. The number of amides is 1. The van der Waals surface area contributed by atoms with Crippen LogP contribution < -0.4 is 15.2 Å². The highest BCUT2D eigenvalue weighted by atomic mass is 16.5. The minimum Gasteiger partial charge on any atom is -0.493 e. The highest BCUT2D eigenvalue weighted by Gasteiger charge is 2.04. The molecule has 0 aliphatic carbocycles. The number of methoxy groups -OCH3 is 1. The lowest BCUT2D eigenvalue weighted by molar-refractivity contribution is -0.142. The zero-order valence-electron chi connectivity index (χ0n) is 11.4. The van der Waals surface area contributed by atoms with Crippen LogP contribution in [0.4, 0.5) is 0 Å². The minimum absolute atomic E-state index is 0.435. The van der Waals surface area contributed by atoms with E-state index >= 15 is 0 Å². The van der Waals surface area contributed by atoms with E-state index in [-0.39, 0.29) is 0 Å². The second kappa shape index (κ2) is 7.83. The van der Waals surface area contributed by atoms with Crippen LogP contribution >= 0.6 is 0 Å². The normalized spacial score (nSPS) is 10.3. The molecule has 0 fully saturated rings. The first-order valence-electron chi connectivity index (χ1n) is 6.00. The molecule has 2 N–H and O–H groups in total. The average Bonchev–Trinajstić information content (AvgIpc) is 2.44. The average molecular weight is 279 g/mol. The van der Waals surface area contributed by atoms with Gasteiger partial charge in [-0.05, 0) is 30.7 Å². The quantitative estimate of drug-likeness (QED) is 0.597. The fourth-order valence-corrected chi connectivity index (χ4v) is 1.42. The van der Waals surface area contributed by atoms with E-state index < -0.39 is 18.5 Å². The van der Waals surface area contributed by atoms with Crippen molar-refractivity contribution in [1.29, 1.82) is 0 Å². The van der Waals surface area contributed by atoms with Crippen molar-refractivity contribution in [2.75, 3.05) is 20.3 Å². The van der Waals surface area contributed by atoms with Crippen LogP contribution in [0, 0.1) is 0 Å². The summed E-state index contributed by atoms with van der Waals surface area (Å²) < 4.78 is 15.2. The van der Waals surface area contributed by atoms with Crippen LogP contribution in [0.25, 0.3) is 6.08 Å². The molecule has 0 radical (unpaired) electrons. The van der Waals surface area contributed by atoms with E-state index in [9.17, 15) is 9.59 Å². The van der Waals surface area contributed by atoms with Gasteiger partial charge in [-0.3, -0.25) is 4.79 Å². The van der Waals surface area contributed by atoms with Gasteiger partial charge >= 0.3 is 5.97 Å². The molecule has 108 valence electrons. The summed E-state index contributed by atoms with van der Waals surface area (Å²) in [5.74, 6) is -0.144. The molecule has 1 amide bonds. The van der Waals surface area contributed by atoms with Crippen molar-refractivity contribution >= 4 is 18.0 Å². The van der Waals surface area contributed by atoms with Gasteiger partial charge in [0, 0.05) is 6.08 Å². The standard InChI is InChI=1S/C14H17NO5/c1-3-19-11-6-4-10(8-12(11)18-2)5-7-14(17)20-9-13(15)16/h4-8H,3,9H2,1-2H3,(H2,15,16)/b7-5+. The molecule has 0 bridgehead atoms. The molecule has 0 spiro atoms. The fourth-order valence-electron chi connectivity index (χ4n) is 1.42. The smallest absolute Gasteiger partial charge is 0.331 e. The summed E-state index contributed by atoms with van der Waals surface area (Å²) in [6.07, 6.45) is 2.75. The highest BCUT2D eigenvalue weighted by molar-refractivity contribution is 5.89. The predicted octanol–water partition coefficient (Wildman–Crippen LogP) is 1.14. The first-order chi connectivity index (χ1) is 9.56. The lowest BCUT2D eigenvalue weighted by Gasteiger charge is -2.09. The summed E-state index contributed by atoms with van der Waals surface area (Å²) in [7, 11) is 1.53. The third kappa shape index (κ3) is 5.01. The molecule has 6 heteroatoms. The largest absolute Gasteiger partial charge is 0.493 e. The predicted molar refractivity (Wildman–Crippen MR) is 73.4 cm³/mol. The summed E-state index contributed by atoms with van der Waals surface area (Å²) in [6.45, 7) is 1.97. The minimum atomic E-state index is -0.700. The molecule has 0 atom stereocenters. The fraction of sp³-hybridized carbons (Fsp3) is 0.286. The maximum atomic E-state index is 11.3. The third-order valence-corrected chi connectivity index (χ3v) is 2.26. The van der Waals surface area contributed by atoms with Crippen molar-refractivity contribution in [3.63, 3.8) is 0 Å². The van der Waals surface area contributed by atoms with Crippen LogP contribution in [0.3, 0.4) is 0 Å². The molecule has 0 unspecified atom stereocenters. The molecule has 20 heavy (non-hydrogen) atoms. The maximum Gasteiger partial charge on any atom is 0.331 e. The SMILES string of the molecule is CCOc1ccc(/C=C/C(=O)OCC(N)=O)cc1OC. The topological polar surface area (TPSA) is 87.9 Å². The number of carbonyl (C=O) groups is 2. The first kappa shape index (κ1) is 15.6. The van der Waals surface area contributed by atoms with Crippen molar-refractivity contribution in [2.45, 2.75) is 6.92 Å². The van der Waals surface area contributed by atoms with Crippen molar-refractivity contribution < 1.29 is 23.8 Å². The van der Waals surface area contributed by atoms with Crippen LogP contribution in [0.5, 0.6) is 11.5 Å². The van der Waals surface area contributed by atoms with Crippen molar-refractivity contribution in [3.05, 3.63) is 29.8 Å². The van der Waals surface area contributed by atoms with Gasteiger partial charge in [0.25, 0.3) is 5.91 Å².